The lowest BCUT2D eigenvalue weighted by Crippen LogP contribution is -2.17. The van der Waals surface area contributed by atoms with Gasteiger partial charge in [0.25, 0.3) is 0 Å². The molecule has 0 spiro atoms. The zero-order valence-corrected chi connectivity index (χ0v) is 14.1. The first-order chi connectivity index (χ1) is 10.2. The summed E-state index contributed by atoms with van der Waals surface area (Å²) in [5.74, 6) is 0. The van der Waals surface area contributed by atoms with Crippen molar-refractivity contribution in [2.75, 3.05) is 6.54 Å². The molecule has 0 atom stereocenters. The van der Waals surface area contributed by atoms with Crippen molar-refractivity contribution in [1.29, 1.82) is 0 Å². The maximum atomic E-state index is 6.05. The van der Waals surface area contributed by atoms with Crippen molar-refractivity contribution in [2.45, 2.75) is 13.0 Å². The standard InChI is InChI=1S/C16H15Cl2N3.ClH/c17-15-6-5-12(16(18)21-15)9-19-8-7-11-10-20-14-4-2-1-3-13(11)14;/h1-6,10,19-20H,7-9H2;1H. The molecule has 2 heterocycles. The smallest absolute Gasteiger partial charge is 0.135 e. The van der Waals surface area contributed by atoms with Crippen LogP contribution >= 0.6 is 35.6 Å². The number of aromatic nitrogens is 2. The monoisotopic (exact) mass is 355 g/mol. The van der Waals surface area contributed by atoms with Gasteiger partial charge in [0.05, 0.1) is 0 Å². The molecule has 2 aromatic heterocycles. The number of pyridine rings is 1. The van der Waals surface area contributed by atoms with Gasteiger partial charge in [-0.15, -0.1) is 12.4 Å². The lowest BCUT2D eigenvalue weighted by Gasteiger charge is -2.06. The van der Waals surface area contributed by atoms with E-state index in [-0.39, 0.29) is 12.4 Å². The van der Waals surface area contributed by atoms with Crippen LogP contribution in [0.5, 0.6) is 0 Å². The van der Waals surface area contributed by atoms with Crippen LogP contribution in [0.25, 0.3) is 10.9 Å². The minimum atomic E-state index is 0. The quantitative estimate of drug-likeness (QED) is 0.517. The number of fused-ring (bicyclic) bond motifs is 1. The Labute approximate surface area is 145 Å². The number of hydrogen-bond donors (Lipinski definition) is 2. The molecular weight excluding hydrogens is 341 g/mol. The van der Waals surface area contributed by atoms with Gasteiger partial charge in [-0.3, -0.25) is 0 Å². The number of nitrogens with one attached hydrogen (secondary N) is 2. The molecule has 0 aliphatic carbocycles. The van der Waals surface area contributed by atoms with Gasteiger partial charge >= 0.3 is 0 Å². The van der Waals surface area contributed by atoms with Crippen LogP contribution in [0, 0.1) is 0 Å². The Hall–Kier alpha value is -1.26. The summed E-state index contributed by atoms with van der Waals surface area (Å²) in [7, 11) is 0. The number of nitrogens with zero attached hydrogens (tertiary/aromatic N) is 1. The van der Waals surface area contributed by atoms with Gasteiger partial charge in [0.2, 0.25) is 0 Å². The molecule has 116 valence electrons. The van der Waals surface area contributed by atoms with Crippen LogP contribution in [-0.4, -0.2) is 16.5 Å². The Morgan fingerprint density at radius 2 is 1.86 bits per heavy atom. The van der Waals surface area contributed by atoms with Gasteiger partial charge in [-0.2, -0.15) is 0 Å². The Balaban J connectivity index is 0.00000176. The van der Waals surface area contributed by atoms with Gasteiger partial charge in [0, 0.05) is 29.2 Å². The van der Waals surface area contributed by atoms with Crippen molar-refractivity contribution in [2.24, 2.45) is 0 Å². The first kappa shape index (κ1) is 17.1. The second kappa shape index (κ2) is 7.84. The SMILES string of the molecule is Cl.Clc1ccc(CNCCc2c[nH]c3ccccc23)c(Cl)n1. The van der Waals surface area contributed by atoms with Crippen molar-refractivity contribution in [1.82, 2.24) is 15.3 Å². The first-order valence-corrected chi connectivity index (χ1v) is 7.56. The number of halogens is 3. The number of aromatic amines is 1. The fourth-order valence-electron chi connectivity index (χ4n) is 2.36. The summed E-state index contributed by atoms with van der Waals surface area (Å²) in [5.41, 5.74) is 3.45. The minimum absolute atomic E-state index is 0. The predicted molar refractivity (Wildman–Crippen MR) is 95.2 cm³/mol. The summed E-state index contributed by atoms with van der Waals surface area (Å²) in [6.45, 7) is 1.56. The fraction of sp³-hybridized carbons (Fsp3) is 0.188. The van der Waals surface area contributed by atoms with Crippen LogP contribution < -0.4 is 5.32 Å². The van der Waals surface area contributed by atoms with E-state index in [2.05, 4.69) is 39.7 Å². The van der Waals surface area contributed by atoms with Crippen molar-refractivity contribution in [3.05, 3.63) is 64.0 Å². The highest BCUT2D eigenvalue weighted by Crippen LogP contribution is 2.18. The Morgan fingerprint density at radius 1 is 1.05 bits per heavy atom. The molecule has 22 heavy (non-hydrogen) atoms. The summed E-state index contributed by atoms with van der Waals surface area (Å²) in [6.07, 6.45) is 3.03. The zero-order valence-electron chi connectivity index (χ0n) is 11.8. The molecule has 0 bridgehead atoms. The molecule has 0 fully saturated rings. The summed E-state index contributed by atoms with van der Waals surface area (Å²) in [4.78, 5) is 7.32. The van der Waals surface area contributed by atoms with Crippen LogP contribution in [0.3, 0.4) is 0 Å². The van der Waals surface area contributed by atoms with Gasteiger partial charge < -0.3 is 10.3 Å². The molecule has 3 aromatic rings. The Kier molecular flexibility index (Phi) is 6.09. The summed E-state index contributed by atoms with van der Waals surface area (Å²) < 4.78 is 0. The van der Waals surface area contributed by atoms with E-state index in [0.29, 0.717) is 16.9 Å². The molecular formula is C16H16Cl3N3. The third-order valence-electron chi connectivity index (χ3n) is 3.45. The van der Waals surface area contributed by atoms with E-state index in [1.807, 2.05) is 12.1 Å². The number of rotatable bonds is 5. The molecule has 2 N–H and O–H groups in total. The van der Waals surface area contributed by atoms with E-state index in [4.69, 9.17) is 23.2 Å². The predicted octanol–water partition coefficient (Wildman–Crippen LogP) is 4.62. The Bertz CT molecular complexity index is 755. The largest absolute Gasteiger partial charge is 0.361 e. The lowest BCUT2D eigenvalue weighted by molar-refractivity contribution is 0.687. The lowest BCUT2D eigenvalue weighted by atomic mass is 10.1. The maximum absolute atomic E-state index is 6.05. The van der Waals surface area contributed by atoms with E-state index in [1.54, 1.807) is 6.07 Å². The second-order valence-electron chi connectivity index (χ2n) is 4.87. The van der Waals surface area contributed by atoms with Crippen molar-refractivity contribution in [3.8, 4) is 0 Å². The van der Waals surface area contributed by atoms with E-state index in [9.17, 15) is 0 Å². The topological polar surface area (TPSA) is 40.7 Å². The molecule has 0 aliphatic heterocycles. The molecule has 0 saturated carbocycles. The van der Waals surface area contributed by atoms with Gasteiger partial charge in [-0.25, -0.2) is 4.98 Å². The third kappa shape index (κ3) is 3.93. The van der Waals surface area contributed by atoms with Crippen LogP contribution in [0.2, 0.25) is 10.3 Å². The fourth-order valence-corrected chi connectivity index (χ4v) is 2.77. The van der Waals surface area contributed by atoms with Crippen molar-refractivity contribution >= 4 is 46.5 Å². The second-order valence-corrected chi connectivity index (χ2v) is 5.62. The summed E-state index contributed by atoms with van der Waals surface area (Å²) in [6, 6.07) is 12.0. The molecule has 1 aromatic carbocycles. The van der Waals surface area contributed by atoms with E-state index >= 15 is 0 Å². The number of benzene rings is 1. The van der Waals surface area contributed by atoms with Crippen LogP contribution in [0.15, 0.2) is 42.6 Å². The molecule has 3 nitrogen and oxygen atoms in total. The average molecular weight is 357 g/mol. The molecule has 0 unspecified atom stereocenters. The molecule has 0 saturated heterocycles. The van der Waals surface area contributed by atoms with Crippen LogP contribution in [-0.2, 0) is 13.0 Å². The highest BCUT2D eigenvalue weighted by Gasteiger charge is 2.04. The van der Waals surface area contributed by atoms with Crippen molar-refractivity contribution < 1.29 is 0 Å². The normalized spacial score (nSPS) is 10.6. The minimum Gasteiger partial charge on any atom is -0.361 e. The Morgan fingerprint density at radius 3 is 2.68 bits per heavy atom. The van der Waals surface area contributed by atoms with Gasteiger partial charge in [0.15, 0.2) is 0 Å². The summed E-state index contributed by atoms with van der Waals surface area (Å²) >= 11 is 11.8. The van der Waals surface area contributed by atoms with Crippen LogP contribution in [0.1, 0.15) is 11.1 Å². The first-order valence-electron chi connectivity index (χ1n) is 6.80. The number of hydrogen-bond acceptors (Lipinski definition) is 2. The highest BCUT2D eigenvalue weighted by atomic mass is 35.5. The van der Waals surface area contributed by atoms with E-state index in [0.717, 1.165) is 18.5 Å². The molecule has 0 amide bonds. The summed E-state index contributed by atoms with van der Waals surface area (Å²) in [5, 5.41) is 5.55. The van der Waals surface area contributed by atoms with Crippen molar-refractivity contribution in [3.63, 3.8) is 0 Å². The van der Waals surface area contributed by atoms with E-state index < -0.39 is 0 Å². The highest BCUT2D eigenvalue weighted by molar-refractivity contribution is 6.32. The molecule has 0 aliphatic rings. The van der Waals surface area contributed by atoms with Gasteiger partial charge in [0.1, 0.15) is 10.3 Å². The molecule has 6 heteroatoms. The maximum Gasteiger partial charge on any atom is 0.135 e. The third-order valence-corrected chi connectivity index (χ3v) is 3.99. The number of H-pyrrole nitrogens is 1. The van der Waals surface area contributed by atoms with Crippen LogP contribution in [0.4, 0.5) is 0 Å². The van der Waals surface area contributed by atoms with E-state index in [1.165, 1.54) is 16.5 Å². The number of para-hydroxylation sites is 1. The molecule has 3 rings (SSSR count). The zero-order chi connectivity index (χ0) is 14.7. The average Bonchev–Trinajstić information content (AvgIpc) is 2.89. The van der Waals surface area contributed by atoms with Gasteiger partial charge in [-0.05, 0) is 30.7 Å². The molecule has 0 radical (unpaired) electrons. The van der Waals surface area contributed by atoms with Gasteiger partial charge in [-0.1, -0.05) is 47.5 Å².